The predicted molar refractivity (Wildman–Crippen MR) is 102 cm³/mol. The number of ether oxygens (including phenoxy) is 1. The van der Waals surface area contributed by atoms with Gasteiger partial charge in [0.2, 0.25) is 5.91 Å². The number of hydrogen-bond acceptors (Lipinski definition) is 5. The van der Waals surface area contributed by atoms with Gasteiger partial charge in [0.1, 0.15) is 11.3 Å². The summed E-state index contributed by atoms with van der Waals surface area (Å²) >= 11 is 6.22. The number of carbonyl (C=O) groups is 2. The zero-order valence-electron chi connectivity index (χ0n) is 15.9. The molecule has 30 heavy (non-hydrogen) atoms. The van der Waals surface area contributed by atoms with Gasteiger partial charge in [-0.05, 0) is 18.9 Å². The fourth-order valence-corrected chi connectivity index (χ4v) is 3.53. The molecule has 162 valence electrons. The number of nitrogens with one attached hydrogen (secondary N) is 1. The SMILES string of the molecule is CCCc1c(OCCCN2C(=O)CNC2=O)c(Cl)cc2c(C(F)(F)F)cc(=O)oc12. The van der Waals surface area contributed by atoms with Crippen molar-refractivity contribution in [3.63, 3.8) is 0 Å². The van der Waals surface area contributed by atoms with Crippen molar-refractivity contribution in [2.24, 2.45) is 0 Å². The molecule has 1 aromatic carbocycles. The molecule has 1 N–H and O–H groups in total. The minimum atomic E-state index is -4.76. The van der Waals surface area contributed by atoms with E-state index in [9.17, 15) is 27.6 Å². The fraction of sp³-hybridized carbons (Fsp3) is 0.421. The van der Waals surface area contributed by atoms with Crippen LogP contribution in [-0.4, -0.2) is 36.5 Å². The van der Waals surface area contributed by atoms with Crippen molar-refractivity contribution in [3.05, 3.63) is 38.7 Å². The molecule has 0 atom stereocenters. The largest absolute Gasteiger partial charge is 0.492 e. The van der Waals surface area contributed by atoms with Gasteiger partial charge in [-0.15, -0.1) is 0 Å². The summed E-state index contributed by atoms with van der Waals surface area (Å²) in [7, 11) is 0. The minimum absolute atomic E-state index is 0.0438. The van der Waals surface area contributed by atoms with E-state index >= 15 is 0 Å². The van der Waals surface area contributed by atoms with Crippen LogP contribution in [0.4, 0.5) is 18.0 Å². The first-order valence-electron chi connectivity index (χ1n) is 9.21. The minimum Gasteiger partial charge on any atom is -0.492 e. The maximum atomic E-state index is 13.4. The van der Waals surface area contributed by atoms with Gasteiger partial charge < -0.3 is 14.5 Å². The third-order valence-electron chi connectivity index (χ3n) is 4.55. The summed E-state index contributed by atoms with van der Waals surface area (Å²) in [5.41, 5.74) is -2.21. The molecule has 3 rings (SSSR count). The Bertz CT molecular complexity index is 1040. The summed E-state index contributed by atoms with van der Waals surface area (Å²) in [6, 6.07) is 0.971. The number of halogens is 4. The first-order chi connectivity index (χ1) is 14.1. The summed E-state index contributed by atoms with van der Waals surface area (Å²) in [5.74, 6) is -0.234. The highest BCUT2D eigenvalue weighted by Gasteiger charge is 2.35. The highest BCUT2D eigenvalue weighted by Crippen LogP contribution is 2.41. The number of aryl methyl sites for hydroxylation is 1. The molecule has 0 aliphatic carbocycles. The Kier molecular flexibility index (Phi) is 6.25. The summed E-state index contributed by atoms with van der Waals surface area (Å²) in [6.45, 7) is 1.91. The maximum absolute atomic E-state index is 13.4. The third kappa shape index (κ3) is 4.38. The molecular weight excluding hydrogens is 429 g/mol. The Hall–Kier alpha value is -2.75. The number of nitrogens with zero attached hydrogens (tertiary/aromatic N) is 1. The Balaban J connectivity index is 1.91. The molecule has 0 radical (unpaired) electrons. The molecule has 0 bridgehead atoms. The summed E-state index contributed by atoms with van der Waals surface area (Å²) < 4.78 is 50.9. The molecule has 11 heteroatoms. The molecule has 1 aliphatic heterocycles. The Morgan fingerprint density at radius 2 is 2.00 bits per heavy atom. The Morgan fingerprint density at radius 3 is 2.60 bits per heavy atom. The van der Waals surface area contributed by atoms with Crippen molar-refractivity contribution in [3.8, 4) is 5.75 Å². The van der Waals surface area contributed by atoms with Crippen LogP contribution in [0.15, 0.2) is 21.3 Å². The zero-order valence-corrected chi connectivity index (χ0v) is 16.7. The summed E-state index contributed by atoms with van der Waals surface area (Å²) in [6.07, 6.45) is -3.67. The number of hydrogen-bond donors (Lipinski definition) is 1. The lowest BCUT2D eigenvalue weighted by Gasteiger charge is -2.18. The number of rotatable bonds is 7. The predicted octanol–water partition coefficient (Wildman–Crippen LogP) is 3.74. The van der Waals surface area contributed by atoms with Gasteiger partial charge in [-0.3, -0.25) is 9.69 Å². The van der Waals surface area contributed by atoms with Gasteiger partial charge in [0.25, 0.3) is 0 Å². The Morgan fingerprint density at radius 1 is 1.27 bits per heavy atom. The van der Waals surface area contributed by atoms with E-state index in [1.54, 1.807) is 6.92 Å². The molecule has 1 aromatic heterocycles. The first-order valence-corrected chi connectivity index (χ1v) is 9.58. The van der Waals surface area contributed by atoms with Gasteiger partial charge in [-0.2, -0.15) is 13.2 Å². The highest BCUT2D eigenvalue weighted by atomic mass is 35.5. The number of fused-ring (bicyclic) bond motifs is 1. The number of benzene rings is 1. The molecule has 0 spiro atoms. The molecule has 7 nitrogen and oxygen atoms in total. The molecular formula is C19H18ClF3N2O5. The number of imide groups is 1. The lowest BCUT2D eigenvalue weighted by Crippen LogP contribution is -2.32. The average molecular weight is 447 g/mol. The second-order valence-corrected chi connectivity index (χ2v) is 7.08. The number of alkyl halides is 3. The zero-order chi connectivity index (χ0) is 22.1. The average Bonchev–Trinajstić information content (AvgIpc) is 2.98. The monoisotopic (exact) mass is 446 g/mol. The molecule has 1 aliphatic rings. The van der Waals surface area contributed by atoms with Gasteiger partial charge in [0, 0.05) is 23.6 Å². The summed E-state index contributed by atoms with van der Waals surface area (Å²) in [4.78, 5) is 35.9. The van der Waals surface area contributed by atoms with Gasteiger partial charge >= 0.3 is 17.8 Å². The fourth-order valence-electron chi connectivity index (χ4n) is 3.26. The van der Waals surface area contributed by atoms with E-state index in [1.165, 1.54) is 0 Å². The van der Waals surface area contributed by atoms with Crippen LogP contribution in [0.1, 0.15) is 30.9 Å². The number of urea groups is 1. The van der Waals surface area contributed by atoms with E-state index in [2.05, 4.69) is 5.32 Å². The van der Waals surface area contributed by atoms with Crippen LogP contribution in [0.3, 0.4) is 0 Å². The standard InChI is InChI=1S/C19H18ClF3N2O5/c1-2-4-10-16-11(12(19(21,22)23)8-15(27)30-16)7-13(20)17(10)29-6-3-5-25-14(26)9-24-18(25)28/h7-8H,2-6,9H2,1H3,(H,24,28). The second-order valence-electron chi connectivity index (χ2n) is 6.68. The van der Waals surface area contributed by atoms with Crippen molar-refractivity contribution in [2.45, 2.75) is 32.4 Å². The molecule has 1 saturated heterocycles. The van der Waals surface area contributed by atoms with Crippen LogP contribution in [0.2, 0.25) is 5.02 Å². The molecule has 2 heterocycles. The van der Waals surface area contributed by atoms with Crippen molar-refractivity contribution >= 4 is 34.5 Å². The lowest BCUT2D eigenvalue weighted by atomic mass is 10.0. The molecule has 2 aromatic rings. The van der Waals surface area contributed by atoms with Crippen LogP contribution < -0.4 is 15.7 Å². The van der Waals surface area contributed by atoms with Crippen molar-refractivity contribution in [1.82, 2.24) is 10.2 Å². The van der Waals surface area contributed by atoms with Crippen LogP contribution >= 0.6 is 11.6 Å². The van der Waals surface area contributed by atoms with E-state index in [-0.39, 0.29) is 65.8 Å². The van der Waals surface area contributed by atoms with Gasteiger partial charge in [0.15, 0.2) is 0 Å². The normalized spacial score (nSPS) is 14.5. The van der Waals surface area contributed by atoms with Gasteiger partial charge in [-0.25, -0.2) is 9.59 Å². The molecule has 0 unspecified atom stereocenters. The van der Waals surface area contributed by atoms with E-state index < -0.39 is 23.4 Å². The van der Waals surface area contributed by atoms with Crippen LogP contribution in [0.5, 0.6) is 5.75 Å². The molecule has 1 fully saturated rings. The topological polar surface area (TPSA) is 88.9 Å². The van der Waals surface area contributed by atoms with Gasteiger partial charge in [-0.1, -0.05) is 24.9 Å². The summed E-state index contributed by atoms with van der Waals surface area (Å²) in [5, 5.41) is 2.02. The highest BCUT2D eigenvalue weighted by molar-refractivity contribution is 6.33. The number of carbonyl (C=O) groups excluding carboxylic acids is 2. The van der Waals surface area contributed by atoms with E-state index in [4.69, 9.17) is 20.8 Å². The van der Waals surface area contributed by atoms with E-state index in [0.717, 1.165) is 11.0 Å². The van der Waals surface area contributed by atoms with Crippen molar-refractivity contribution in [2.75, 3.05) is 19.7 Å². The lowest BCUT2D eigenvalue weighted by molar-refractivity contribution is -0.136. The number of amides is 3. The second kappa shape index (κ2) is 8.55. The van der Waals surface area contributed by atoms with Crippen LogP contribution in [0, 0.1) is 0 Å². The van der Waals surface area contributed by atoms with Crippen LogP contribution in [-0.2, 0) is 17.4 Å². The van der Waals surface area contributed by atoms with Crippen molar-refractivity contribution < 1.29 is 31.9 Å². The molecule has 0 saturated carbocycles. The van der Waals surface area contributed by atoms with Crippen molar-refractivity contribution in [1.29, 1.82) is 0 Å². The maximum Gasteiger partial charge on any atom is 0.417 e. The smallest absolute Gasteiger partial charge is 0.417 e. The quantitative estimate of drug-likeness (QED) is 0.397. The van der Waals surface area contributed by atoms with Gasteiger partial charge in [0.05, 0.1) is 23.7 Å². The molecule has 3 amide bonds. The first kappa shape index (κ1) is 21.9. The third-order valence-corrected chi connectivity index (χ3v) is 4.83. The Labute approximate surface area is 173 Å². The van der Waals surface area contributed by atoms with E-state index in [0.29, 0.717) is 12.5 Å². The van der Waals surface area contributed by atoms with E-state index in [1.807, 2.05) is 0 Å². The van der Waals surface area contributed by atoms with Crippen LogP contribution in [0.25, 0.3) is 11.0 Å².